The molecule has 0 saturated heterocycles. The van der Waals surface area contributed by atoms with Gasteiger partial charge < -0.3 is 44.7 Å². The van der Waals surface area contributed by atoms with Crippen LogP contribution in [-0.2, 0) is 24.2 Å². The van der Waals surface area contributed by atoms with Crippen molar-refractivity contribution in [3.05, 3.63) is 34.5 Å². The Labute approximate surface area is 226 Å². The number of carbonyl (C=O) groups excluding carboxylic acids is 2. The van der Waals surface area contributed by atoms with Gasteiger partial charge >= 0.3 is 24.4 Å². The second-order valence-electron chi connectivity index (χ2n) is 7.70. The van der Waals surface area contributed by atoms with Crippen LogP contribution in [0, 0.1) is 0 Å². The molecule has 0 aliphatic heterocycles. The molecule has 0 spiro atoms. The second-order valence-corrected chi connectivity index (χ2v) is 7.70. The zero-order chi connectivity index (χ0) is 30.3. The molecule has 1 heterocycles. The van der Waals surface area contributed by atoms with Crippen molar-refractivity contribution < 1.29 is 83.9 Å². The van der Waals surface area contributed by atoms with Crippen molar-refractivity contribution in [2.75, 3.05) is 6.61 Å². The van der Waals surface area contributed by atoms with Crippen molar-refractivity contribution >= 4 is 28.9 Å². The van der Waals surface area contributed by atoms with E-state index in [0.29, 0.717) is 0 Å². The van der Waals surface area contributed by atoms with Crippen LogP contribution in [0.3, 0.4) is 0 Å². The van der Waals surface area contributed by atoms with Crippen molar-refractivity contribution in [2.45, 2.75) is 25.7 Å². The highest BCUT2D eigenvalue weighted by molar-refractivity contribution is 5.89. The van der Waals surface area contributed by atoms with Crippen LogP contribution in [0.5, 0.6) is 34.5 Å². The fraction of sp³-hybridized carbons (Fsp3) is 0.217. The third-order valence-corrected chi connectivity index (χ3v) is 4.84. The first-order valence-corrected chi connectivity index (χ1v) is 11.1. The number of carbonyl (C=O) groups is 3. The van der Waals surface area contributed by atoms with Crippen LogP contribution in [0.15, 0.2) is 33.5 Å². The summed E-state index contributed by atoms with van der Waals surface area (Å²) in [5.74, 6) is -8.67. The summed E-state index contributed by atoms with van der Waals surface area (Å²) in [7, 11) is 0. The lowest BCUT2D eigenvalue weighted by Gasteiger charge is -2.16. The number of aromatic hydroxyl groups is 2. The Kier molecular flexibility index (Phi) is 9.72. The number of aliphatic carboxylic acids is 1. The van der Waals surface area contributed by atoms with Gasteiger partial charge in [0.25, 0.3) is 5.75 Å². The molecule has 1 aromatic heterocycles. The van der Waals surface area contributed by atoms with Gasteiger partial charge in [-0.05, 0) is 6.07 Å². The zero-order valence-electron chi connectivity index (χ0n) is 20.3. The maximum absolute atomic E-state index is 13.6. The summed E-state index contributed by atoms with van der Waals surface area (Å²) in [6, 6.07) is 3.18. The van der Waals surface area contributed by atoms with Crippen LogP contribution in [0.2, 0.25) is 0 Å². The first-order valence-electron chi connectivity index (χ1n) is 11.1. The molecule has 0 aliphatic rings. The molecule has 0 atom stereocenters. The highest BCUT2D eigenvalue weighted by atomic mass is 17.2. The van der Waals surface area contributed by atoms with E-state index in [1.165, 1.54) is 0 Å². The highest BCUT2D eigenvalue weighted by Crippen LogP contribution is 2.44. The lowest BCUT2D eigenvalue weighted by atomic mass is 10.1. The summed E-state index contributed by atoms with van der Waals surface area (Å²) in [4.78, 5) is 70.5. The topological polar surface area (TPSA) is 278 Å². The summed E-state index contributed by atoms with van der Waals surface area (Å²) in [5.41, 5.74) is -2.23. The third-order valence-electron chi connectivity index (χ3n) is 4.84. The number of fused-ring (bicyclic) bond motifs is 1. The summed E-state index contributed by atoms with van der Waals surface area (Å²) in [6.45, 7) is -3.15. The van der Waals surface area contributed by atoms with Gasteiger partial charge in [-0.3, -0.25) is 29.1 Å². The number of ether oxygens (including phenoxy) is 1. The van der Waals surface area contributed by atoms with Gasteiger partial charge in [0.2, 0.25) is 11.2 Å². The van der Waals surface area contributed by atoms with E-state index in [2.05, 4.69) is 14.7 Å². The molecule has 41 heavy (non-hydrogen) atoms. The summed E-state index contributed by atoms with van der Waals surface area (Å²) in [5, 5.41) is 64.9. The molecule has 0 bridgehead atoms. The summed E-state index contributed by atoms with van der Waals surface area (Å²) in [6.07, 6.45) is -1.79. The molecule has 220 valence electrons. The summed E-state index contributed by atoms with van der Waals surface area (Å²) >= 11 is 0. The smallest absolute Gasteiger partial charge is 0.357 e. The van der Waals surface area contributed by atoms with Crippen molar-refractivity contribution in [3.63, 3.8) is 0 Å². The van der Waals surface area contributed by atoms with Gasteiger partial charge in [0.05, 0.1) is 31.4 Å². The van der Waals surface area contributed by atoms with Gasteiger partial charge in [-0.2, -0.15) is 0 Å². The first-order chi connectivity index (χ1) is 19.4. The Morgan fingerprint density at radius 1 is 0.878 bits per heavy atom. The van der Waals surface area contributed by atoms with Crippen LogP contribution in [-0.4, -0.2) is 66.9 Å². The van der Waals surface area contributed by atoms with E-state index in [0.717, 1.165) is 24.3 Å². The Balaban J connectivity index is 2.24. The van der Waals surface area contributed by atoms with Gasteiger partial charge in [-0.25, -0.2) is 14.8 Å². The molecular formula is C23H20O18. The molecule has 0 radical (unpaired) electrons. The number of aliphatic hydroxyl groups excluding tert-OH is 2. The van der Waals surface area contributed by atoms with E-state index >= 15 is 0 Å². The van der Waals surface area contributed by atoms with Crippen molar-refractivity contribution in [3.8, 4) is 45.8 Å². The van der Waals surface area contributed by atoms with E-state index < -0.39 is 112 Å². The minimum absolute atomic E-state index is 0.491. The third kappa shape index (κ3) is 7.42. The SMILES string of the molecule is O=C(O)CCC(=O)OOc1cc(O)cc2oc(-c3cc(O)c(OO)cc3OC(O)O)c(OOC(=O)CCO)c(=O)c12. The van der Waals surface area contributed by atoms with Crippen LogP contribution in [0.1, 0.15) is 19.3 Å². The number of hydrogen-bond acceptors (Lipinski definition) is 17. The lowest BCUT2D eigenvalue weighted by molar-refractivity contribution is -0.215. The Morgan fingerprint density at radius 3 is 2.20 bits per heavy atom. The molecule has 3 aromatic rings. The number of rotatable bonds is 13. The highest BCUT2D eigenvalue weighted by Gasteiger charge is 2.28. The maximum Gasteiger partial charge on any atom is 0.357 e. The average Bonchev–Trinajstić information content (AvgIpc) is 2.90. The monoisotopic (exact) mass is 584 g/mol. The number of carboxylic acids is 1. The van der Waals surface area contributed by atoms with Crippen molar-refractivity contribution in [1.82, 2.24) is 0 Å². The van der Waals surface area contributed by atoms with E-state index in [-0.39, 0.29) is 0 Å². The number of phenols is 2. The largest absolute Gasteiger partial charge is 0.508 e. The Hall–Kier alpha value is -5.30. The maximum atomic E-state index is 13.6. The van der Waals surface area contributed by atoms with Crippen molar-refractivity contribution in [1.29, 1.82) is 0 Å². The van der Waals surface area contributed by atoms with Crippen molar-refractivity contribution in [2.24, 2.45) is 0 Å². The molecule has 0 unspecified atom stereocenters. The molecular weight excluding hydrogens is 564 g/mol. The predicted octanol–water partition coefficient (Wildman–Crippen LogP) is 0.291. The molecule has 7 N–H and O–H groups in total. The molecule has 2 aromatic carbocycles. The van der Waals surface area contributed by atoms with Gasteiger partial charge in [-0.15, -0.1) is 0 Å². The zero-order valence-corrected chi connectivity index (χ0v) is 20.3. The standard InChI is InChI=1S/C23H20O18/c24-4-3-18(30)40-41-22-20(31)19-14(5-9(25)6-15(19)38-39-17(29)2-1-16(27)28)35-21(22)10-7-11(26)13(37-34)8-12(10)36-23(32)33/h5-8,23-26,32-34H,1-4H2,(H,27,28). The minimum atomic E-state index is -2.50. The molecule has 18 heteroatoms. The quantitative estimate of drug-likeness (QED) is 0.0807. The molecule has 0 saturated carbocycles. The fourth-order valence-electron chi connectivity index (χ4n) is 3.15. The second kappa shape index (κ2) is 13.2. The van der Waals surface area contributed by atoms with Gasteiger partial charge in [0, 0.05) is 18.2 Å². The van der Waals surface area contributed by atoms with Crippen LogP contribution in [0.4, 0.5) is 0 Å². The van der Waals surface area contributed by atoms with Crippen LogP contribution < -0.4 is 24.8 Å². The Bertz CT molecular complexity index is 1510. The van der Waals surface area contributed by atoms with E-state index in [9.17, 15) is 39.6 Å². The van der Waals surface area contributed by atoms with Gasteiger partial charge in [-0.1, -0.05) is 0 Å². The molecule has 0 amide bonds. The number of aliphatic hydroxyl groups is 3. The van der Waals surface area contributed by atoms with Crippen LogP contribution in [0.25, 0.3) is 22.3 Å². The minimum Gasteiger partial charge on any atom is -0.508 e. The van der Waals surface area contributed by atoms with E-state index in [1.807, 2.05) is 0 Å². The normalized spacial score (nSPS) is 10.8. The van der Waals surface area contributed by atoms with Gasteiger partial charge in [0.1, 0.15) is 22.5 Å². The number of carboxylic acid groups (broad SMARTS) is 1. The Morgan fingerprint density at radius 2 is 1.56 bits per heavy atom. The van der Waals surface area contributed by atoms with E-state index in [4.69, 9.17) is 34.4 Å². The van der Waals surface area contributed by atoms with Gasteiger partial charge in [0.15, 0.2) is 17.3 Å². The molecule has 0 fully saturated rings. The number of phenolic OH excluding ortho intramolecular Hbond substituents is 2. The molecule has 0 aliphatic carbocycles. The summed E-state index contributed by atoms with van der Waals surface area (Å²) < 4.78 is 10.4. The molecule has 18 nitrogen and oxygen atoms in total. The number of hydrogen-bond donors (Lipinski definition) is 7. The average molecular weight is 584 g/mol. The predicted molar refractivity (Wildman–Crippen MR) is 125 cm³/mol. The first kappa shape index (κ1) is 30.2. The van der Waals surface area contributed by atoms with E-state index in [1.54, 1.807) is 0 Å². The molecule has 3 rings (SSSR count). The van der Waals surface area contributed by atoms with Crippen LogP contribution >= 0.6 is 0 Å². The number of benzene rings is 2. The lowest BCUT2D eigenvalue weighted by Crippen LogP contribution is -2.17. The fourth-order valence-corrected chi connectivity index (χ4v) is 3.15.